The van der Waals surface area contributed by atoms with Crippen LogP contribution in [0.25, 0.3) is 0 Å². The second-order valence-electron chi connectivity index (χ2n) is 11.5. The number of ether oxygens (including phenoxy) is 2. The van der Waals surface area contributed by atoms with E-state index in [0.29, 0.717) is 50.9 Å². The van der Waals surface area contributed by atoms with Crippen molar-refractivity contribution in [2.75, 3.05) is 26.8 Å². The van der Waals surface area contributed by atoms with Crippen molar-refractivity contribution in [1.29, 1.82) is 0 Å². The highest BCUT2D eigenvalue weighted by molar-refractivity contribution is 14.1. The van der Waals surface area contributed by atoms with Crippen molar-refractivity contribution in [2.45, 2.75) is 64.7 Å². The Kier molecular flexibility index (Phi) is 9.27. The average Bonchev–Trinajstić information content (AvgIpc) is 2.92. The number of benzene rings is 1. The largest absolute Gasteiger partial charge is 0.493 e. The molecule has 0 radical (unpaired) electrons. The summed E-state index contributed by atoms with van der Waals surface area (Å²) in [5.41, 5.74) is 1.04. The molecule has 214 valence electrons. The van der Waals surface area contributed by atoms with Crippen LogP contribution in [-0.4, -0.2) is 78.3 Å². The summed E-state index contributed by atoms with van der Waals surface area (Å²) in [5, 5.41) is 23.5. The fourth-order valence-corrected chi connectivity index (χ4v) is 7.52. The molecule has 3 N–H and O–H groups in total. The molecule has 0 heterocycles. The first kappa shape index (κ1) is 29.8. The van der Waals surface area contributed by atoms with Gasteiger partial charge in [0.05, 0.1) is 23.3 Å². The summed E-state index contributed by atoms with van der Waals surface area (Å²) in [6.45, 7) is 6.53. The number of nitrogens with zero attached hydrogens (tertiary/aromatic N) is 1. The van der Waals surface area contributed by atoms with E-state index < -0.39 is 18.2 Å². The van der Waals surface area contributed by atoms with E-state index in [0.717, 1.165) is 18.8 Å². The Morgan fingerprint density at radius 2 is 2.03 bits per heavy atom. The molecule has 0 spiro atoms. The number of fused-ring (bicyclic) bond motifs is 2. The molecule has 0 aliphatic heterocycles. The van der Waals surface area contributed by atoms with Gasteiger partial charge >= 0.3 is 0 Å². The van der Waals surface area contributed by atoms with E-state index in [9.17, 15) is 24.6 Å². The summed E-state index contributed by atoms with van der Waals surface area (Å²) >= 11 is 2.04. The number of rotatable bonds is 10. The molecule has 5 rings (SSSR count). The summed E-state index contributed by atoms with van der Waals surface area (Å²) in [6, 6.07) is 2.52. The minimum absolute atomic E-state index is 0.0875. The van der Waals surface area contributed by atoms with E-state index >= 15 is 0 Å². The van der Waals surface area contributed by atoms with Gasteiger partial charge in [-0.2, -0.15) is 0 Å². The predicted octanol–water partition coefficient (Wildman–Crippen LogP) is 2.95. The normalized spacial score (nSPS) is 28.9. The smallest absolute Gasteiger partial charge is 0.247 e. The first-order valence-corrected chi connectivity index (χ1v) is 14.6. The molecule has 4 aliphatic rings. The zero-order valence-electron chi connectivity index (χ0n) is 23.0. The van der Waals surface area contributed by atoms with Gasteiger partial charge in [0.25, 0.3) is 0 Å². The Balaban J connectivity index is 1.65. The third kappa shape index (κ3) is 5.97. The summed E-state index contributed by atoms with van der Waals surface area (Å²) in [5.74, 6) is 1.71. The molecule has 2 bridgehead atoms. The molecule has 0 saturated heterocycles. The zero-order chi connectivity index (χ0) is 28.5. The fourth-order valence-electron chi connectivity index (χ4n) is 6.77. The highest BCUT2D eigenvalue weighted by atomic mass is 127. The number of aldehydes is 1. The quantitative estimate of drug-likeness (QED) is 0.262. The van der Waals surface area contributed by atoms with Gasteiger partial charge in [-0.25, -0.2) is 0 Å². The fraction of sp³-hybridized carbons (Fsp3) is 0.621. The van der Waals surface area contributed by atoms with Crippen molar-refractivity contribution in [1.82, 2.24) is 10.2 Å². The average molecular weight is 655 g/mol. The Bertz CT molecular complexity index is 1130. The van der Waals surface area contributed by atoms with Gasteiger partial charge in [0.15, 0.2) is 11.5 Å². The van der Waals surface area contributed by atoms with Crippen molar-refractivity contribution in [3.05, 3.63) is 32.9 Å². The standard InChI is InChI=1S/C29H39IN2O7/c1-16(35)32(14-18-5-6-20-13-21(18)29(20,2)3)23-11-19(28(37)31-7-8-33)12-24(26(23)36)39-27-22(30)9-17(15-34)10-25(27)38-4/h9-10,12,15,18,20-21,23-24,26,33,36H,5-8,11,13-14H2,1-4H3,(H,31,37)/t18-,20-,21-,23+,24-,26-/m0/s1. The molecule has 6 atom stereocenters. The molecule has 3 saturated carbocycles. The number of amides is 2. The number of hydrogen-bond acceptors (Lipinski definition) is 7. The number of halogens is 1. The van der Waals surface area contributed by atoms with Gasteiger partial charge in [-0.15, -0.1) is 0 Å². The van der Waals surface area contributed by atoms with Crippen LogP contribution in [0.3, 0.4) is 0 Å². The maximum atomic E-state index is 13.0. The number of aliphatic hydroxyl groups excluding tert-OH is 2. The molecule has 0 unspecified atom stereocenters. The highest BCUT2D eigenvalue weighted by Crippen LogP contribution is 2.61. The van der Waals surface area contributed by atoms with Crippen molar-refractivity contribution in [3.8, 4) is 11.5 Å². The second-order valence-corrected chi connectivity index (χ2v) is 12.7. The van der Waals surface area contributed by atoms with Gasteiger partial charge < -0.3 is 29.9 Å². The van der Waals surface area contributed by atoms with Gasteiger partial charge in [-0.1, -0.05) is 13.8 Å². The topological polar surface area (TPSA) is 125 Å². The van der Waals surface area contributed by atoms with Gasteiger partial charge in [-0.05, 0) is 83.2 Å². The molecule has 10 heteroatoms. The summed E-state index contributed by atoms with van der Waals surface area (Å²) in [7, 11) is 1.46. The van der Waals surface area contributed by atoms with Crippen LogP contribution in [0.15, 0.2) is 23.8 Å². The van der Waals surface area contributed by atoms with Crippen LogP contribution in [0.2, 0.25) is 0 Å². The Hall–Kier alpha value is -2.18. The lowest BCUT2D eigenvalue weighted by atomic mass is 9.45. The van der Waals surface area contributed by atoms with E-state index in [4.69, 9.17) is 9.47 Å². The Morgan fingerprint density at radius 1 is 1.28 bits per heavy atom. The van der Waals surface area contributed by atoms with Gasteiger partial charge in [0, 0.05) is 37.6 Å². The second kappa shape index (κ2) is 12.1. The Labute approximate surface area is 243 Å². The van der Waals surface area contributed by atoms with E-state index in [-0.39, 0.29) is 36.8 Å². The molecule has 4 aliphatic carbocycles. The first-order valence-electron chi connectivity index (χ1n) is 13.6. The summed E-state index contributed by atoms with van der Waals surface area (Å²) < 4.78 is 12.3. The zero-order valence-corrected chi connectivity index (χ0v) is 25.1. The minimum atomic E-state index is -1.11. The minimum Gasteiger partial charge on any atom is -0.493 e. The highest BCUT2D eigenvalue weighted by Gasteiger charge is 2.55. The molecule has 1 aromatic carbocycles. The van der Waals surface area contributed by atoms with Crippen molar-refractivity contribution >= 4 is 40.7 Å². The van der Waals surface area contributed by atoms with Crippen LogP contribution in [0.1, 0.15) is 56.8 Å². The molecule has 0 aromatic heterocycles. The van der Waals surface area contributed by atoms with Crippen LogP contribution < -0.4 is 14.8 Å². The number of aliphatic hydroxyl groups is 2. The van der Waals surface area contributed by atoms with Gasteiger partial charge in [0.2, 0.25) is 11.8 Å². The lowest BCUT2D eigenvalue weighted by Gasteiger charge is -2.61. The van der Waals surface area contributed by atoms with Crippen LogP contribution in [0, 0.1) is 26.7 Å². The van der Waals surface area contributed by atoms with Crippen molar-refractivity contribution < 1.29 is 34.1 Å². The van der Waals surface area contributed by atoms with Gasteiger partial charge in [0.1, 0.15) is 18.5 Å². The van der Waals surface area contributed by atoms with Crippen LogP contribution >= 0.6 is 22.6 Å². The third-order valence-corrected chi connectivity index (χ3v) is 9.89. The Morgan fingerprint density at radius 3 is 2.62 bits per heavy atom. The molecule has 3 fully saturated rings. The van der Waals surface area contributed by atoms with Crippen LogP contribution in [0.4, 0.5) is 0 Å². The summed E-state index contributed by atoms with van der Waals surface area (Å²) in [6.07, 6.45) is 3.75. The molecule has 2 amide bonds. The molecular formula is C29H39IN2O7. The third-order valence-electron chi connectivity index (χ3n) is 9.09. The monoisotopic (exact) mass is 654 g/mol. The maximum Gasteiger partial charge on any atom is 0.247 e. The lowest BCUT2D eigenvalue weighted by molar-refractivity contribution is -0.146. The van der Waals surface area contributed by atoms with Crippen LogP contribution in [-0.2, 0) is 9.59 Å². The van der Waals surface area contributed by atoms with E-state index in [1.807, 2.05) is 22.6 Å². The number of carbonyl (C=O) groups is 3. The lowest BCUT2D eigenvalue weighted by Crippen LogP contribution is -2.59. The van der Waals surface area contributed by atoms with Gasteiger partial charge in [-0.3, -0.25) is 14.4 Å². The van der Waals surface area contributed by atoms with E-state index in [1.54, 1.807) is 23.1 Å². The SMILES string of the molecule is COc1cc(C=O)cc(I)c1O[C@H]1C=C(C(=O)NCCO)C[C@@H](N(C[C@@H]2CC[C@H]3C[C@@H]2C3(C)C)C(C)=O)[C@@H]1O. The van der Waals surface area contributed by atoms with Crippen LogP contribution in [0.5, 0.6) is 11.5 Å². The number of methoxy groups -OCH3 is 1. The number of hydrogen-bond donors (Lipinski definition) is 3. The molecule has 1 aromatic rings. The number of nitrogens with one attached hydrogen (secondary N) is 1. The van der Waals surface area contributed by atoms with Crippen molar-refractivity contribution in [3.63, 3.8) is 0 Å². The van der Waals surface area contributed by atoms with Crippen molar-refractivity contribution in [2.24, 2.45) is 23.2 Å². The summed E-state index contributed by atoms with van der Waals surface area (Å²) in [4.78, 5) is 39.1. The maximum absolute atomic E-state index is 13.0. The molecule has 9 nitrogen and oxygen atoms in total. The predicted molar refractivity (Wildman–Crippen MR) is 154 cm³/mol. The van der Waals surface area contributed by atoms with E-state index in [1.165, 1.54) is 20.5 Å². The molecular weight excluding hydrogens is 615 g/mol. The molecule has 39 heavy (non-hydrogen) atoms. The number of carbonyl (C=O) groups excluding carboxylic acids is 3. The van der Waals surface area contributed by atoms with E-state index in [2.05, 4.69) is 19.2 Å². The first-order chi connectivity index (χ1) is 18.5.